The third kappa shape index (κ3) is 4.59. The lowest BCUT2D eigenvalue weighted by molar-refractivity contribution is -0.125. The van der Waals surface area contributed by atoms with Gasteiger partial charge in [0.25, 0.3) is 0 Å². The Morgan fingerprint density at radius 3 is 2.57 bits per heavy atom. The van der Waals surface area contributed by atoms with E-state index in [-0.39, 0.29) is 18.4 Å². The Balaban J connectivity index is 1.84. The summed E-state index contributed by atoms with van der Waals surface area (Å²) >= 11 is 0. The molecule has 1 aromatic rings. The zero-order chi connectivity index (χ0) is 15.1. The number of carbonyl (C=O) groups is 1. The largest absolute Gasteiger partial charge is 0.384 e. The number of benzene rings is 1. The van der Waals surface area contributed by atoms with E-state index in [0.29, 0.717) is 0 Å². The summed E-state index contributed by atoms with van der Waals surface area (Å²) in [5, 5.41) is 11.4. The minimum atomic E-state index is -0.109. The average molecular weight is 286 g/mol. The molecule has 1 fully saturated rings. The van der Waals surface area contributed by atoms with Gasteiger partial charge in [-0.25, -0.2) is 0 Å². The van der Waals surface area contributed by atoms with Crippen LogP contribution in [0.2, 0.25) is 0 Å². The van der Waals surface area contributed by atoms with E-state index in [2.05, 4.69) is 34.2 Å². The first-order valence-electron chi connectivity index (χ1n) is 7.35. The van der Waals surface area contributed by atoms with Crippen molar-refractivity contribution in [2.24, 2.45) is 5.92 Å². The van der Waals surface area contributed by atoms with Crippen LogP contribution in [0, 0.1) is 17.8 Å². The van der Waals surface area contributed by atoms with Crippen molar-refractivity contribution in [1.29, 1.82) is 0 Å². The van der Waals surface area contributed by atoms with Gasteiger partial charge in [-0.1, -0.05) is 24.0 Å². The lowest BCUT2D eigenvalue weighted by atomic mass is 9.95. The number of likely N-dealkylation sites (tertiary alicyclic amines) is 1. The van der Waals surface area contributed by atoms with Gasteiger partial charge in [0.2, 0.25) is 5.91 Å². The molecule has 0 bridgehead atoms. The van der Waals surface area contributed by atoms with Crippen LogP contribution in [0.1, 0.15) is 24.0 Å². The molecule has 1 aromatic carbocycles. The molecule has 0 aromatic heterocycles. The number of carbonyl (C=O) groups excluding carboxylic acids is 1. The summed E-state index contributed by atoms with van der Waals surface area (Å²) < 4.78 is 0. The topological polar surface area (TPSA) is 52.6 Å². The third-order valence-corrected chi connectivity index (χ3v) is 3.88. The Labute approximate surface area is 126 Å². The molecule has 0 atom stereocenters. The predicted octanol–water partition coefficient (Wildman–Crippen LogP) is 0.988. The number of hydrogen-bond donors (Lipinski definition) is 2. The van der Waals surface area contributed by atoms with E-state index in [1.165, 1.54) is 5.56 Å². The van der Waals surface area contributed by atoms with Gasteiger partial charge in [-0.05, 0) is 43.6 Å². The van der Waals surface area contributed by atoms with E-state index in [4.69, 9.17) is 5.11 Å². The van der Waals surface area contributed by atoms with Crippen LogP contribution in [0.15, 0.2) is 24.3 Å². The first-order chi connectivity index (χ1) is 10.2. The summed E-state index contributed by atoms with van der Waals surface area (Å²) in [5.41, 5.74) is 2.18. The maximum atomic E-state index is 11.6. The minimum Gasteiger partial charge on any atom is -0.384 e. The summed E-state index contributed by atoms with van der Waals surface area (Å²) in [6.45, 7) is 2.73. The molecule has 0 saturated carbocycles. The van der Waals surface area contributed by atoms with Gasteiger partial charge in [-0.3, -0.25) is 9.69 Å². The van der Waals surface area contributed by atoms with Crippen LogP contribution in [0.5, 0.6) is 0 Å². The number of piperidine rings is 1. The molecule has 1 saturated heterocycles. The molecule has 21 heavy (non-hydrogen) atoms. The van der Waals surface area contributed by atoms with Gasteiger partial charge in [0.15, 0.2) is 0 Å². The molecule has 0 radical (unpaired) electrons. The lowest BCUT2D eigenvalue weighted by Crippen LogP contribution is -2.39. The van der Waals surface area contributed by atoms with Gasteiger partial charge in [-0.15, -0.1) is 0 Å². The Hall–Kier alpha value is -1.83. The molecule has 112 valence electrons. The lowest BCUT2D eigenvalue weighted by Gasteiger charge is -2.31. The molecule has 1 amide bonds. The van der Waals surface area contributed by atoms with Gasteiger partial charge in [-0.2, -0.15) is 0 Å². The van der Waals surface area contributed by atoms with Crippen LogP contribution in [0.25, 0.3) is 0 Å². The second-order valence-electron chi connectivity index (χ2n) is 5.32. The van der Waals surface area contributed by atoms with Crippen LogP contribution in [-0.4, -0.2) is 42.7 Å². The van der Waals surface area contributed by atoms with Gasteiger partial charge >= 0.3 is 0 Å². The van der Waals surface area contributed by atoms with Gasteiger partial charge in [0, 0.05) is 25.1 Å². The molecular weight excluding hydrogens is 264 g/mol. The maximum absolute atomic E-state index is 11.6. The molecule has 2 N–H and O–H groups in total. The standard InChI is InChI=1S/C17H22N2O2/c1-18-17(21)16-8-10-19(11-9-16)13-15-6-4-14(5-7-15)3-2-12-20/h4-7,16,20H,8-13H2,1H3,(H,18,21). The number of rotatable bonds is 3. The van der Waals surface area contributed by atoms with Gasteiger partial charge < -0.3 is 10.4 Å². The van der Waals surface area contributed by atoms with E-state index in [0.717, 1.165) is 38.0 Å². The van der Waals surface area contributed by atoms with Crippen LogP contribution >= 0.6 is 0 Å². The van der Waals surface area contributed by atoms with E-state index in [1.54, 1.807) is 7.05 Å². The number of aliphatic hydroxyl groups excluding tert-OH is 1. The molecule has 0 aliphatic carbocycles. The van der Waals surface area contributed by atoms with Crippen molar-refractivity contribution in [2.45, 2.75) is 19.4 Å². The smallest absolute Gasteiger partial charge is 0.222 e. The Morgan fingerprint density at radius 1 is 1.33 bits per heavy atom. The van der Waals surface area contributed by atoms with Crippen LogP contribution in [0.3, 0.4) is 0 Å². The normalized spacial score (nSPS) is 16.1. The molecule has 0 unspecified atom stereocenters. The number of hydrogen-bond acceptors (Lipinski definition) is 3. The molecular formula is C17H22N2O2. The summed E-state index contributed by atoms with van der Waals surface area (Å²) in [5.74, 6) is 5.87. The highest BCUT2D eigenvalue weighted by atomic mass is 16.2. The Kier molecular flexibility index (Phi) is 5.79. The van der Waals surface area contributed by atoms with Crippen molar-refractivity contribution in [3.05, 3.63) is 35.4 Å². The zero-order valence-corrected chi connectivity index (χ0v) is 12.4. The fourth-order valence-electron chi connectivity index (χ4n) is 2.65. The molecule has 4 heteroatoms. The predicted molar refractivity (Wildman–Crippen MR) is 82.5 cm³/mol. The Bertz CT molecular complexity index is 520. The first-order valence-corrected chi connectivity index (χ1v) is 7.35. The highest BCUT2D eigenvalue weighted by Crippen LogP contribution is 2.19. The minimum absolute atomic E-state index is 0.109. The van der Waals surface area contributed by atoms with Crippen molar-refractivity contribution in [3.8, 4) is 11.8 Å². The highest BCUT2D eigenvalue weighted by molar-refractivity contribution is 5.78. The summed E-state index contributed by atoms with van der Waals surface area (Å²) in [6.07, 6.45) is 1.86. The monoisotopic (exact) mass is 286 g/mol. The Morgan fingerprint density at radius 2 is 2.00 bits per heavy atom. The molecule has 2 rings (SSSR count). The fourth-order valence-corrected chi connectivity index (χ4v) is 2.65. The SMILES string of the molecule is CNC(=O)C1CCN(Cc2ccc(C#CCO)cc2)CC1. The van der Waals surface area contributed by atoms with Crippen molar-refractivity contribution in [2.75, 3.05) is 26.7 Å². The van der Waals surface area contributed by atoms with Crippen LogP contribution < -0.4 is 5.32 Å². The quantitative estimate of drug-likeness (QED) is 0.815. The third-order valence-electron chi connectivity index (χ3n) is 3.88. The highest BCUT2D eigenvalue weighted by Gasteiger charge is 2.23. The molecule has 4 nitrogen and oxygen atoms in total. The fraction of sp³-hybridized carbons (Fsp3) is 0.471. The average Bonchev–Trinajstić information content (AvgIpc) is 2.54. The summed E-state index contributed by atoms with van der Waals surface area (Å²) in [4.78, 5) is 14.0. The van der Waals surface area contributed by atoms with E-state index >= 15 is 0 Å². The van der Waals surface area contributed by atoms with Gasteiger partial charge in [0.1, 0.15) is 6.61 Å². The molecule has 1 aliphatic heterocycles. The second-order valence-corrected chi connectivity index (χ2v) is 5.32. The van der Waals surface area contributed by atoms with Crippen molar-refractivity contribution >= 4 is 5.91 Å². The van der Waals surface area contributed by atoms with E-state index in [1.807, 2.05) is 12.1 Å². The summed E-state index contributed by atoms with van der Waals surface area (Å²) in [7, 11) is 1.70. The number of aliphatic hydroxyl groups is 1. The zero-order valence-electron chi connectivity index (χ0n) is 12.4. The van der Waals surface area contributed by atoms with E-state index in [9.17, 15) is 4.79 Å². The number of nitrogens with one attached hydrogen (secondary N) is 1. The number of amides is 1. The van der Waals surface area contributed by atoms with Crippen molar-refractivity contribution < 1.29 is 9.90 Å². The molecule has 1 heterocycles. The number of nitrogens with zero attached hydrogens (tertiary/aromatic N) is 1. The van der Waals surface area contributed by atoms with Crippen molar-refractivity contribution in [1.82, 2.24) is 10.2 Å². The first kappa shape index (κ1) is 15.6. The van der Waals surface area contributed by atoms with E-state index < -0.39 is 0 Å². The van der Waals surface area contributed by atoms with Crippen LogP contribution in [-0.2, 0) is 11.3 Å². The van der Waals surface area contributed by atoms with Gasteiger partial charge in [0.05, 0.1) is 0 Å². The molecule has 1 aliphatic rings. The summed E-state index contributed by atoms with van der Waals surface area (Å²) in [6, 6.07) is 8.11. The van der Waals surface area contributed by atoms with Crippen molar-refractivity contribution in [3.63, 3.8) is 0 Å². The second kappa shape index (κ2) is 7.82. The van der Waals surface area contributed by atoms with Crippen LogP contribution in [0.4, 0.5) is 0 Å². The molecule has 0 spiro atoms. The maximum Gasteiger partial charge on any atom is 0.222 e.